The van der Waals surface area contributed by atoms with Crippen LogP contribution < -0.4 is 5.32 Å². The third kappa shape index (κ3) is 3.70. The second kappa shape index (κ2) is 7.05. The summed E-state index contributed by atoms with van der Waals surface area (Å²) in [6, 6.07) is -0.107. The zero-order valence-electron chi connectivity index (χ0n) is 17.3. The molecular weight excluding hydrogens is 346 g/mol. The van der Waals surface area contributed by atoms with E-state index in [9.17, 15) is 8.78 Å². The fourth-order valence-corrected chi connectivity index (χ4v) is 4.98. The van der Waals surface area contributed by atoms with Gasteiger partial charge in [0.2, 0.25) is 0 Å². The van der Waals surface area contributed by atoms with Gasteiger partial charge in [0, 0.05) is 59.7 Å². The minimum absolute atomic E-state index is 0. The van der Waals surface area contributed by atoms with Gasteiger partial charge in [0.25, 0.3) is 5.92 Å². The Morgan fingerprint density at radius 1 is 1.04 bits per heavy atom. The van der Waals surface area contributed by atoms with E-state index in [4.69, 9.17) is 0 Å². The summed E-state index contributed by atoms with van der Waals surface area (Å²) >= 11 is 0. The van der Waals surface area contributed by atoms with Crippen molar-refractivity contribution in [2.45, 2.75) is 57.7 Å². The summed E-state index contributed by atoms with van der Waals surface area (Å²) in [6.07, 6.45) is 2.66. The Labute approximate surface area is 164 Å². The largest absolute Gasteiger partial charge is 0.300 e. The molecule has 2 aliphatic carbocycles. The van der Waals surface area contributed by atoms with Crippen LogP contribution in [0.15, 0.2) is 11.1 Å². The molecule has 1 unspecified atom stereocenters. The molecule has 0 amide bonds. The first kappa shape index (κ1) is 19.7. The average Bonchev–Trinajstić information content (AvgIpc) is 3.50. The SMILES string of the molecule is CC(C)N1CCN(CCN2CCC(NC3(C(C)C)C4=C3[CH]4)C(F)(F)C2)CC1.[HH]. The molecule has 2 heterocycles. The van der Waals surface area contributed by atoms with E-state index in [0.29, 0.717) is 18.4 Å². The van der Waals surface area contributed by atoms with E-state index < -0.39 is 12.0 Å². The first-order valence-electron chi connectivity index (χ1n) is 10.7. The van der Waals surface area contributed by atoms with Crippen LogP contribution in [0.1, 0.15) is 35.5 Å². The van der Waals surface area contributed by atoms with Gasteiger partial charge in [0.1, 0.15) is 0 Å². The first-order valence-corrected chi connectivity index (χ1v) is 10.7. The summed E-state index contributed by atoms with van der Waals surface area (Å²) in [7, 11) is 0. The van der Waals surface area contributed by atoms with Crippen molar-refractivity contribution >= 4 is 0 Å². The zero-order valence-corrected chi connectivity index (χ0v) is 17.3. The lowest BCUT2D eigenvalue weighted by atomic mass is 9.84. The Hall–Kier alpha value is -0.560. The van der Waals surface area contributed by atoms with Gasteiger partial charge in [-0.15, -0.1) is 0 Å². The van der Waals surface area contributed by atoms with Crippen LogP contribution in [0.3, 0.4) is 0 Å². The average molecular weight is 384 g/mol. The van der Waals surface area contributed by atoms with Gasteiger partial charge < -0.3 is 0 Å². The first-order chi connectivity index (χ1) is 12.7. The van der Waals surface area contributed by atoms with Crippen LogP contribution in [0, 0.1) is 12.3 Å². The Balaban J connectivity index is 0.00000225. The number of likely N-dealkylation sites (tertiary alicyclic amines) is 1. The second-order valence-corrected chi connectivity index (χ2v) is 9.43. The molecule has 0 aromatic heterocycles. The predicted molar refractivity (Wildman–Crippen MR) is 107 cm³/mol. The highest BCUT2D eigenvalue weighted by molar-refractivity contribution is 5.82. The summed E-state index contributed by atoms with van der Waals surface area (Å²) in [5.41, 5.74) is 2.39. The molecule has 27 heavy (non-hydrogen) atoms. The maximum absolute atomic E-state index is 14.8. The molecule has 6 heteroatoms. The molecule has 1 atom stereocenters. The van der Waals surface area contributed by atoms with E-state index in [0.717, 1.165) is 45.8 Å². The fraction of sp³-hybridized carbons (Fsp3) is 0.857. The normalized spacial score (nSPS) is 30.9. The monoisotopic (exact) mass is 383 g/mol. The van der Waals surface area contributed by atoms with Gasteiger partial charge in [-0.25, -0.2) is 8.78 Å². The number of rotatable bonds is 7. The van der Waals surface area contributed by atoms with Crippen molar-refractivity contribution in [1.29, 1.82) is 0 Å². The van der Waals surface area contributed by atoms with E-state index in [1.807, 2.05) is 4.90 Å². The van der Waals surface area contributed by atoms with Gasteiger partial charge in [0.05, 0.1) is 18.1 Å². The van der Waals surface area contributed by atoms with E-state index in [-0.39, 0.29) is 13.5 Å². The highest BCUT2D eigenvalue weighted by Crippen LogP contribution is 2.66. The van der Waals surface area contributed by atoms with Crippen LogP contribution in [0.5, 0.6) is 0 Å². The van der Waals surface area contributed by atoms with E-state index >= 15 is 0 Å². The molecule has 4 rings (SSSR count). The minimum Gasteiger partial charge on any atom is -0.300 e. The highest BCUT2D eigenvalue weighted by Gasteiger charge is 2.67. The van der Waals surface area contributed by atoms with Crippen molar-refractivity contribution in [3.63, 3.8) is 0 Å². The smallest absolute Gasteiger partial charge is 0.275 e. The molecule has 2 aliphatic heterocycles. The summed E-state index contributed by atoms with van der Waals surface area (Å²) in [6.45, 7) is 15.3. The number of nitrogens with one attached hydrogen (secondary N) is 1. The topological polar surface area (TPSA) is 21.8 Å². The molecular formula is C21H37F2N4. The van der Waals surface area contributed by atoms with Crippen LogP contribution in [-0.2, 0) is 0 Å². The van der Waals surface area contributed by atoms with Crippen LogP contribution in [-0.4, -0.2) is 90.6 Å². The molecule has 155 valence electrons. The van der Waals surface area contributed by atoms with E-state index in [1.165, 1.54) is 11.1 Å². The third-order valence-corrected chi connectivity index (χ3v) is 7.10. The van der Waals surface area contributed by atoms with Crippen LogP contribution in [0.4, 0.5) is 8.78 Å². The van der Waals surface area contributed by atoms with Gasteiger partial charge in [-0.05, 0) is 37.3 Å². The standard InChI is InChI=1S/C21H35F2N4.H2/c1-15(2)21(17-13-18(17)21)24-19-5-6-26(14-20(19,22)23)8-7-25-9-11-27(12-10-25)16(3)4;/h13,15-16,19,24H,5-12,14H2,1-4H3;1H. The van der Waals surface area contributed by atoms with Crippen LogP contribution in [0.2, 0.25) is 0 Å². The molecule has 1 radical (unpaired) electrons. The van der Waals surface area contributed by atoms with E-state index in [1.54, 1.807) is 0 Å². The number of piperazine rings is 1. The molecule has 1 N–H and O–H groups in total. The van der Waals surface area contributed by atoms with Crippen molar-refractivity contribution in [2.24, 2.45) is 5.92 Å². The summed E-state index contributed by atoms with van der Waals surface area (Å²) in [4.78, 5) is 6.88. The molecule has 0 aromatic rings. The number of alkyl halides is 2. The molecule has 0 saturated carbocycles. The fourth-order valence-electron chi connectivity index (χ4n) is 4.98. The molecule has 0 aromatic carbocycles. The number of halogens is 2. The Kier molecular flexibility index (Phi) is 5.15. The quantitative estimate of drug-likeness (QED) is 0.729. The van der Waals surface area contributed by atoms with Gasteiger partial charge in [-0.1, -0.05) is 13.8 Å². The van der Waals surface area contributed by atoms with Crippen molar-refractivity contribution < 1.29 is 10.2 Å². The third-order valence-electron chi connectivity index (χ3n) is 7.10. The van der Waals surface area contributed by atoms with E-state index in [2.05, 4.69) is 49.2 Å². The van der Waals surface area contributed by atoms with Gasteiger partial charge in [-0.2, -0.15) is 0 Å². The van der Waals surface area contributed by atoms with Crippen molar-refractivity contribution in [3.8, 4) is 0 Å². The lowest BCUT2D eigenvalue weighted by Gasteiger charge is -2.44. The molecule has 4 nitrogen and oxygen atoms in total. The van der Waals surface area contributed by atoms with Gasteiger partial charge in [0.15, 0.2) is 0 Å². The maximum Gasteiger partial charge on any atom is 0.275 e. The summed E-state index contributed by atoms with van der Waals surface area (Å²) in [5, 5.41) is 3.34. The lowest BCUT2D eigenvalue weighted by molar-refractivity contribution is -0.0961. The Bertz CT molecular complexity index is 587. The molecule has 2 fully saturated rings. The molecule has 4 aliphatic rings. The van der Waals surface area contributed by atoms with Crippen molar-refractivity contribution in [2.75, 3.05) is 52.4 Å². The van der Waals surface area contributed by atoms with Crippen molar-refractivity contribution in [3.05, 3.63) is 17.6 Å². The number of piperidine rings is 1. The van der Waals surface area contributed by atoms with Gasteiger partial charge >= 0.3 is 0 Å². The molecule has 2 saturated heterocycles. The minimum atomic E-state index is -2.66. The Morgan fingerprint density at radius 3 is 2.15 bits per heavy atom. The zero-order chi connectivity index (χ0) is 19.4. The number of hydrogen-bond acceptors (Lipinski definition) is 4. The number of hydrogen-bond donors (Lipinski definition) is 1. The maximum atomic E-state index is 14.8. The predicted octanol–water partition coefficient (Wildman–Crippen LogP) is 2.48. The van der Waals surface area contributed by atoms with Crippen LogP contribution in [0.25, 0.3) is 0 Å². The Morgan fingerprint density at radius 2 is 1.67 bits per heavy atom. The van der Waals surface area contributed by atoms with Gasteiger partial charge in [-0.3, -0.25) is 20.0 Å². The summed E-state index contributed by atoms with van der Waals surface area (Å²) < 4.78 is 29.7. The second-order valence-electron chi connectivity index (χ2n) is 9.43. The highest BCUT2D eigenvalue weighted by atomic mass is 19.3. The van der Waals surface area contributed by atoms with Crippen LogP contribution >= 0.6 is 0 Å². The lowest BCUT2D eigenvalue weighted by Crippen LogP contribution is -2.63. The molecule has 0 bridgehead atoms. The molecule has 0 spiro atoms. The number of nitrogens with zero attached hydrogens (tertiary/aromatic N) is 3. The summed E-state index contributed by atoms with van der Waals surface area (Å²) in [5.74, 6) is -2.31. The van der Waals surface area contributed by atoms with Crippen molar-refractivity contribution in [1.82, 2.24) is 20.0 Å².